The van der Waals surface area contributed by atoms with E-state index in [1.165, 1.54) is 6.33 Å². The maximum atomic E-state index is 12.3. The molecule has 0 spiro atoms. The summed E-state index contributed by atoms with van der Waals surface area (Å²) in [6.07, 6.45) is 1.97. The van der Waals surface area contributed by atoms with E-state index in [0.717, 1.165) is 18.1 Å². The molecule has 0 saturated carbocycles. The van der Waals surface area contributed by atoms with Crippen molar-refractivity contribution < 1.29 is 9.53 Å². The molecule has 0 radical (unpaired) electrons. The van der Waals surface area contributed by atoms with E-state index in [1.54, 1.807) is 24.1 Å². The van der Waals surface area contributed by atoms with Gasteiger partial charge in [0.25, 0.3) is 0 Å². The summed E-state index contributed by atoms with van der Waals surface area (Å²) >= 11 is 6.15. The predicted molar refractivity (Wildman–Crippen MR) is 83.4 cm³/mol. The van der Waals surface area contributed by atoms with Crippen LogP contribution in [0.1, 0.15) is 25.1 Å². The number of aryl methyl sites for hydroxylation is 1. The van der Waals surface area contributed by atoms with Crippen molar-refractivity contribution in [1.29, 1.82) is 0 Å². The number of nitrogens with zero attached hydrogens (tertiary/aromatic N) is 4. The number of rotatable bonds is 4. The Balaban J connectivity index is 1.85. The molecule has 116 valence electrons. The molecule has 7 heteroatoms. The number of ether oxygens (including phenoxy) is 1. The lowest BCUT2D eigenvalue weighted by atomic mass is 10.1. The van der Waals surface area contributed by atoms with E-state index in [2.05, 4.69) is 10.1 Å². The molecular formula is C15H17ClN4O2. The number of amides is 1. The van der Waals surface area contributed by atoms with Gasteiger partial charge in [0, 0.05) is 31.1 Å². The molecule has 1 amide bonds. The lowest BCUT2D eigenvalue weighted by molar-refractivity contribution is -0.117. The van der Waals surface area contributed by atoms with Crippen LogP contribution in [0.15, 0.2) is 24.5 Å². The van der Waals surface area contributed by atoms with Gasteiger partial charge in [0.2, 0.25) is 5.91 Å². The van der Waals surface area contributed by atoms with Gasteiger partial charge in [-0.15, -0.1) is 0 Å². The van der Waals surface area contributed by atoms with Crippen molar-refractivity contribution in [1.82, 2.24) is 14.8 Å². The van der Waals surface area contributed by atoms with Crippen molar-refractivity contribution in [2.45, 2.75) is 25.8 Å². The fourth-order valence-electron chi connectivity index (χ4n) is 2.79. The zero-order valence-corrected chi connectivity index (χ0v) is 13.2. The number of hydrogen-bond donors (Lipinski definition) is 0. The van der Waals surface area contributed by atoms with Crippen LogP contribution in [0.2, 0.25) is 5.02 Å². The highest BCUT2D eigenvalue weighted by Crippen LogP contribution is 2.34. The van der Waals surface area contributed by atoms with Crippen LogP contribution in [0.5, 0.6) is 5.75 Å². The zero-order valence-electron chi connectivity index (χ0n) is 12.5. The average Bonchev–Trinajstić information content (AvgIpc) is 3.13. The molecule has 1 aliphatic heterocycles. The Labute approximate surface area is 133 Å². The Morgan fingerprint density at radius 2 is 2.27 bits per heavy atom. The maximum absolute atomic E-state index is 12.3. The minimum atomic E-state index is 0.0517. The summed E-state index contributed by atoms with van der Waals surface area (Å²) < 4.78 is 6.98. The summed E-state index contributed by atoms with van der Waals surface area (Å²) in [6.45, 7) is 3.34. The SMILES string of the molecule is CCn1ncnc1C1CC(=O)N(c2ccc(OC)c(Cl)c2)C1. The van der Waals surface area contributed by atoms with E-state index in [0.29, 0.717) is 23.7 Å². The molecule has 2 aromatic rings. The summed E-state index contributed by atoms with van der Waals surface area (Å²) in [5, 5.41) is 4.67. The van der Waals surface area contributed by atoms with Crippen molar-refractivity contribution in [3.05, 3.63) is 35.4 Å². The van der Waals surface area contributed by atoms with Crippen LogP contribution in [0.25, 0.3) is 0 Å². The highest BCUT2D eigenvalue weighted by Gasteiger charge is 2.34. The van der Waals surface area contributed by atoms with Crippen LogP contribution in [0.3, 0.4) is 0 Å². The van der Waals surface area contributed by atoms with E-state index in [9.17, 15) is 4.79 Å². The van der Waals surface area contributed by atoms with Gasteiger partial charge in [-0.2, -0.15) is 5.10 Å². The summed E-state index contributed by atoms with van der Waals surface area (Å²) in [7, 11) is 1.56. The van der Waals surface area contributed by atoms with Gasteiger partial charge >= 0.3 is 0 Å². The summed E-state index contributed by atoms with van der Waals surface area (Å²) in [6, 6.07) is 5.37. The van der Waals surface area contributed by atoms with Crippen LogP contribution in [-0.2, 0) is 11.3 Å². The third-order valence-electron chi connectivity index (χ3n) is 3.88. The monoisotopic (exact) mass is 320 g/mol. The quantitative estimate of drug-likeness (QED) is 0.868. The van der Waals surface area contributed by atoms with E-state index in [1.807, 2.05) is 17.7 Å². The molecule has 3 rings (SSSR count). The second kappa shape index (κ2) is 5.96. The van der Waals surface area contributed by atoms with Crippen LogP contribution in [0.4, 0.5) is 5.69 Å². The lowest BCUT2D eigenvalue weighted by Gasteiger charge is -2.17. The molecule has 22 heavy (non-hydrogen) atoms. The van der Waals surface area contributed by atoms with Crippen LogP contribution in [0, 0.1) is 0 Å². The van der Waals surface area contributed by atoms with Gasteiger partial charge in [0.15, 0.2) is 0 Å². The molecule has 1 unspecified atom stereocenters. The highest BCUT2D eigenvalue weighted by molar-refractivity contribution is 6.32. The number of anilines is 1. The third-order valence-corrected chi connectivity index (χ3v) is 4.18. The summed E-state index contributed by atoms with van der Waals surface area (Å²) in [5.41, 5.74) is 0.779. The Morgan fingerprint density at radius 3 is 2.95 bits per heavy atom. The summed E-state index contributed by atoms with van der Waals surface area (Å²) in [4.78, 5) is 18.4. The Hall–Kier alpha value is -2.08. The van der Waals surface area contributed by atoms with Gasteiger partial charge in [-0.1, -0.05) is 11.6 Å². The number of hydrogen-bond acceptors (Lipinski definition) is 4. The Morgan fingerprint density at radius 1 is 1.45 bits per heavy atom. The van der Waals surface area contributed by atoms with E-state index < -0.39 is 0 Å². The predicted octanol–water partition coefficient (Wildman–Crippen LogP) is 2.48. The standard InChI is InChI=1S/C15H17ClN4O2/c1-3-20-15(17-9-18-20)10-6-14(21)19(8-10)11-4-5-13(22-2)12(16)7-11/h4-5,7,9-10H,3,6,8H2,1-2H3. The molecule has 1 aromatic heterocycles. The molecule has 2 heterocycles. The normalized spacial score (nSPS) is 18.0. The van der Waals surface area contributed by atoms with Gasteiger partial charge in [0.1, 0.15) is 17.9 Å². The molecule has 1 aromatic carbocycles. The van der Waals surface area contributed by atoms with Crippen LogP contribution in [-0.4, -0.2) is 34.3 Å². The number of methoxy groups -OCH3 is 1. The average molecular weight is 321 g/mol. The zero-order chi connectivity index (χ0) is 15.7. The molecule has 1 fully saturated rings. The molecule has 0 bridgehead atoms. The van der Waals surface area contributed by atoms with Crippen LogP contribution >= 0.6 is 11.6 Å². The van der Waals surface area contributed by atoms with Gasteiger partial charge < -0.3 is 9.64 Å². The lowest BCUT2D eigenvalue weighted by Crippen LogP contribution is -2.24. The fourth-order valence-corrected chi connectivity index (χ4v) is 3.04. The molecule has 1 atom stereocenters. The smallest absolute Gasteiger partial charge is 0.227 e. The number of benzene rings is 1. The Kier molecular flexibility index (Phi) is 4.02. The largest absolute Gasteiger partial charge is 0.495 e. The van der Waals surface area contributed by atoms with Gasteiger partial charge in [-0.25, -0.2) is 4.98 Å². The van der Waals surface area contributed by atoms with Gasteiger partial charge in [-0.05, 0) is 25.1 Å². The summed E-state index contributed by atoms with van der Waals surface area (Å²) in [5.74, 6) is 1.57. The molecular weight excluding hydrogens is 304 g/mol. The van der Waals surface area contributed by atoms with Gasteiger partial charge in [-0.3, -0.25) is 9.48 Å². The van der Waals surface area contributed by atoms with E-state index >= 15 is 0 Å². The van der Waals surface area contributed by atoms with Crippen LogP contribution < -0.4 is 9.64 Å². The first kappa shape index (κ1) is 14.8. The molecule has 6 nitrogen and oxygen atoms in total. The van der Waals surface area contributed by atoms with E-state index in [-0.39, 0.29) is 11.8 Å². The number of carbonyl (C=O) groups is 1. The number of halogens is 1. The Bertz CT molecular complexity index is 701. The highest BCUT2D eigenvalue weighted by atomic mass is 35.5. The first-order chi connectivity index (χ1) is 10.6. The third kappa shape index (κ3) is 2.54. The first-order valence-corrected chi connectivity index (χ1v) is 7.53. The molecule has 0 N–H and O–H groups in total. The van der Waals surface area contributed by atoms with Gasteiger partial charge in [0.05, 0.1) is 12.1 Å². The topological polar surface area (TPSA) is 60.2 Å². The van der Waals surface area contributed by atoms with Crippen molar-refractivity contribution in [2.24, 2.45) is 0 Å². The minimum Gasteiger partial charge on any atom is -0.495 e. The second-order valence-corrected chi connectivity index (χ2v) is 5.57. The molecule has 1 aliphatic rings. The molecule has 0 aliphatic carbocycles. The number of aromatic nitrogens is 3. The minimum absolute atomic E-state index is 0.0517. The first-order valence-electron chi connectivity index (χ1n) is 7.15. The van der Waals surface area contributed by atoms with Crippen molar-refractivity contribution >= 4 is 23.2 Å². The van der Waals surface area contributed by atoms with Crippen molar-refractivity contribution in [2.75, 3.05) is 18.6 Å². The van der Waals surface area contributed by atoms with Crippen molar-refractivity contribution in [3.8, 4) is 5.75 Å². The van der Waals surface area contributed by atoms with Crippen molar-refractivity contribution in [3.63, 3.8) is 0 Å². The number of carbonyl (C=O) groups excluding carboxylic acids is 1. The van der Waals surface area contributed by atoms with E-state index in [4.69, 9.17) is 16.3 Å². The second-order valence-electron chi connectivity index (χ2n) is 5.16. The fraction of sp³-hybridized carbons (Fsp3) is 0.400. The molecule has 1 saturated heterocycles. The maximum Gasteiger partial charge on any atom is 0.227 e.